The number of hydrogen-bond donors (Lipinski definition) is 5. The zero-order valence-corrected chi connectivity index (χ0v) is 7.54. The van der Waals surface area contributed by atoms with Crippen molar-refractivity contribution in [3.8, 4) is 0 Å². The Morgan fingerprint density at radius 3 is 2.43 bits per heavy atom. The molecule has 0 fully saturated rings. The van der Waals surface area contributed by atoms with E-state index >= 15 is 0 Å². The third kappa shape index (κ3) is 2.13. The van der Waals surface area contributed by atoms with E-state index < -0.39 is 18.8 Å². The van der Waals surface area contributed by atoms with Gasteiger partial charge in [0.25, 0.3) is 0 Å². The van der Waals surface area contributed by atoms with E-state index in [2.05, 4.69) is 5.10 Å². The topological polar surface area (TPSA) is 131 Å². The first-order valence-electron chi connectivity index (χ1n) is 4.10. The first kappa shape index (κ1) is 10.8. The van der Waals surface area contributed by atoms with Gasteiger partial charge in [0.1, 0.15) is 18.0 Å². The maximum Gasteiger partial charge on any atom is 0.145 e. The molecule has 14 heavy (non-hydrogen) atoms. The summed E-state index contributed by atoms with van der Waals surface area (Å²) in [4.78, 5) is 0. The Morgan fingerprint density at radius 2 is 2.00 bits per heavy atom. The van der Waals surface area contributed by atoms with Crippen LogP contribution in [0.3, 0.4) is 0 Å². The van der Waals surface area contributed by atoms with Gasteiger partial charge in [-0.2, -0.15) is 5.10 Å². The summed E-state index contributed by atoms with van der Waals surface area (Å²) in [5.41, 5.74) is 11.3. The largest absolute Gasteiger partial charge is 0.394 e. The number of nitrogens with zero attached hydrogens (tertiary/aromatic N) is 2. The van der Waals surface area contributed by atoms with Gasteiger partial charge >= 0.3 is 0 Å². The van der Waals surface area contributed by atoms with Crippen molar-refractivity contribution in [2.45, 2.75) is 18.8 Å². The number of aromatic nitrogens is 2. The van der Waals surface area contributed by atoms with Crippen molar-refractivity contribution in [3.63, 3.8) is 0 Å². The number of anilines is 2. The minimum absolute atomic E-state index is 0.00917. The molecule has 7 nitrogen and oxygen atoms in total. The van der Waals surface area contributed by atoms with Crippen LogP contribution in [0.4, 0.5) is 11.5 Å². The third-order valence-electron chi connectivity index (χ3n) is 1.90. The minimum Gasteiger partial charge on any atom is -0.394 e. The van der Waals surface area contributed by atoms with E-state index in [4.69, 9.17) is 21.7 Å². The summed E-state index contributed by atoms with van der Waals surface area (Å²) >= 11 is 0. The maximum atomic E-state index is 9.34. The number of aliphatic hydroxyl groups excluding tert-OH is 3. The lowest BCUT2D eigenvalue weighted by molar-refractivity contribution is -0.0227. The Balaban J connectivity index is 2.64. The molecule has 0 aliphatic rings. The second-order valence-electron chi connectivity index (χ2n) is 2.98. The lowest BCUT2D eigenvalue weighted by Crippen LogP contribution is -2.33. The van der Waals surface area contributed by atoms with Crippen molar-refractivity contribution >= 4 is 11.5 Å². The molecule has 0 aliphatic heterocycles. The van der Waals surface area contributed by atoms with E-state index in [9.17, 15) is 5.11 Å². The van der Waals surface area contributed by atoms with E-state index in [1.807, 2.05) is 0 Å². The average Bonchev–Trinajstić information content (AvgIpc) is 2.48. The Bertz CT molecular complexity index is 301. The summed E-state index contributed by atoms with van der Waals surface area (Å²) in [6.45, 7) is -0.525. The smallest absolute Gasteiger partial charge is 0.145 e. The van der Waals surface area contributed by atoms with Gasteiger partial charge in [-0.1, -0.05) is 0 Å². The van der Waals surface area contributed by atoms with E-state index in [1.54, 1.807) is 0 Å². The first-order chi connectivity index (χ1) is 6.56. The molecule has 0 spiro atoms. The highest BCUT2D eigenvalue weighted by atomic mass is 16.4. The second-order valence-corrected chi connectivity index (χ2v) is 2.98. The highest BCUT2D eigenvalue weighted by molar-refractivity contribution is 5.56. The number of nitrogens with two attached hydrogens (primary N) is 2. The molecular formula is C7H14N4O3. The molecule has 1 aromatic heterocycles. The van der Waals surface area contributed by atoms with Crippen LogP contribution in [-0.2, 0) is 6.54 Å². The van der Waals surface area contributed by atoms with Crippen LogP contribution in [0.5, 0.6) is 0 Å². The van der Waals surface area contributed by atoms with Gasteiger partial charge in [-0.25, -0.2) is 4.68 Å². The molecule has 80 valence electrons. The first-order valence-corrected chi connectivity index (χ1v) is 4.10. The van der Waals surface area contributed by atoms with Gasteiger partial charge in [-0.3, -0.25) is 0 Å². The number of hydrogen-bond acceptors (Lipinski definition) is 6. The molecule has 2 unspecified atom stereocenters. The SMILES string of the molecule is Nc1cnn(CC(O)C(O)CO)c1N. The fourth-order valence-electron chi connectivity index (χ4n) is 0.975. The summed E-state index contributed by atoms with van der Waals surface area (Å²) < 4.78 is 1.26. The molecule has 0 aliphatic carbocycles. The quantitative estimate of drug-likeness (QED) is 0.375. The predicted octanol–water partition coefficient (Wildman–Crippen LogP) is -2.24. The van der Waals surface area contributed by atoms with Gasteiger partial charge in [-0.05, 0) is 0 Å². The van der Waals surface area contributed by atoms with Crippen LogP contribution in [-0.4, -0.2) is 43.9 Å². The van der Waals surface area contributed by atoms with Crippen LogP contribution >= 0.6 is 0 Å². The van der Waals surface area contributed by atoms with Crippen LogP contribution in [0, 0.1) is 0 Å². The zero-order chi connectivity index (χ0) is 10.7. The number of aliphatic hydroxyl groups is 3. The van der Waals surface area contributed by atoms with E-state index in [-0.39, 0.29) is 12.4 Å². The van der Waals surface area contributed by atoms with Crippen LogP contribution in [0.15, 0.2) is 6.20 Å². The van der Waals surface area contributed by atoms with Crippen molar-refractivity contribution in [2.24, 2.45) is 0 Å². The van der Waals surface area contributed by atoms with Gasteiger partial charge in [-0.15, -0.1) is 0 Å². The summed E-state index contributed by atoms with van der Waals surface area (Å²) in [6, 6.07) is 0. The molecule has 0 saturated carbocycles. The molecule has 0 aromatic carbocycles. The van der Waals surface area contributed by atoms with Crippen molar-refractivity contribution < 1.29 is 15.3 Å². The Labute approximate surface area is 80.6 Å². The van der Waals surface area contributed by atoms with Crippen molar-refractivity contribution in [3.05, 3.63) is 6.20 Å². The summed E-state index contributed by atoms with van der Waals surface area (Å²) in [6.07, 6.45) is -0.977. The van der Waals surface area contributed by atoms with Crippen LogP contribution in [0.2, 0.25) is 0 Å². The Kier molecular flexibility index (Phi) is 3.28. The lowest BCUT2D eigenvalue weighted by Gasteiger charge is -2.15. The molecule has 7 heteroatoms. The van der Waals surface area contributed by atoms with E-state index in [1.165, 1.54) is 10.9 Å². The van der Waals surface area contributed by atoms with E-state index in [0.717, 1.165) is 0 Å². The molecule has 7 N–H and O–H groups in total. The van der Waals surface area contributed by atoms with Gasteiger partial charge in [0.15, 0.2) is 0 Å². The van der Waals surface area contributed by atoms with Crippen LogP contribution in [0.25, 0.3) is 0 Å². The number of nitrogen functional groups attached to an aromatic ring is 2. The van der Waals surface area contributed by atoms with Crippen molar-refractivity contribution in [1.82, 2.24) is 9.78 Å². The molecule has 2 atom stereocenters. The van der Waals surface area contributed by atoms with Crippen molar-refractivity contribution in [2.75, 3.05) is 18.1 Å². The van der Waals surface area contributed by atoms with Gasteiger partial charge in [0.2, 0.25) is 0 Å². The molecule has 0 amide bonds. The standard InChI is InChI=1S/C7H14N4O3/c8-4-1-10-11(7(4)9)2-5(13)6(14)3-12/h1,5-6,12-14H,2-3,8-9H2. The summed E-state index contributed by atoms with van der Waals surface area (Å²) in [5, 5.41) is 30.8. The Morgan fingerprint density at radius 1 is 1.36 bits per heavy atom. The minimum atomic E-state index is -1.21. The predicted molar refractivity (Wildman–Crippen MR) is 50.2 cm³/mol. The third-order valence-corrected chi connectivity index (χ3v) is 1.90. The number of rotatable bonds is 4. The van der Waals surface area contributed by atoms with Gasteiger partial charge < -0.3 is 26.8 Å². The van der Waals surface area contributed by atoms with Crippen LogP contribution < -0.4 is 11.5 Å². The highest BCUT2D eigenvalue weighted by Crippen LogP contribution is 2.13. The molecule has 0 radical (unpaired) electrons. The summed E-state index contributed by atoms with van der Waals surface area (Å²) in [7, 11) is 0. The zero-order valence-electron chi connectivity index (χ0n) is 7.54. The van der Waals surface area contributed by atoms with Gasteiger partial charge in [0, 0.05) is 0 Å². The van der Waals surface area contributed by atoms with E-state index in [0.29, 0.717) is 5.69 Å². The van der Waals surface area contributed by atoms with Gasteiger partial charge in [0.05, 0.1) is 25.0 Å². The highest BCUT2D eigenvalue weighted by Gasteiger charge is 2.17. The maximum absolute atomic E-state index is 9.34. The molecule has 1 aromatic rings. The molecule has 0 saturated heterocycles. The lowest BCUT2D eigenvalue weighted by atomic mass is 10.2. The monoisotopic (exact) mass is 202 g/mol. The summed E-state index contributed by atoms with van der Waals surface area (Å²) in [5.74, 6) is 0.231. The molecule has 1 heterocycles. The average molecular weight is 202 g/mol. The molecule has 1 rings (SSSR count). The fourth-order valence-corrected chi connectivity index (χ4v) is 0.975. The molecule has 0 bridgehead atoms. The van der Waals surface area contributed by atoms with Crippen LogP contribution in [0.1, 0.15) is 0 Å². The molecular weight excluding hydrogens is 188 g/mol. The van der Waals surface area contributed by atoms with Crippen molar-refractivity contribution in [1.29, 1.82) is 0 Å². The normalized spacial score (nSPS) is 15.4. The Hall–Kier alpha value is -1.31. The second kappa shape index (κ2) is 4.27. The fraction of sp³-hybridized carbons (Fsp3) is 0.571.